The lowest BCUT2D eigenvalue weighted by Crippen LogP contribution is -2.31. The number of H-pyrrole nitrogens is 1. The van der Waals surface area contributed by atoms with Crippen molar-refractivity contribution in [3.05, 3.63) is 62.5 Å². The molecule has 1 aliphatic carbocycles. The predicted molar refractivity (Wildman–Crippen MR) is 105 cm³/mol. The summed E-state index contributed by atoms with van der Waals surface area (Å²) < 4.78 is 0. The average molecular weight is 369 g/mol. The zero-order valence-corrected chi connectivity index (χ0v) is 15.7. The van der Waals surface area contributed by atoms with E-state index in [1.807, 2.05) is 42.3 Å². The van der Waals surface area contributed by atoms with Gasteiger partial charge in [0.05, 0.1) is 18.0 Å². The van der Waals surface area contributed by atoms with Crippen molar-refractivity contribution in [1.82, 2.24) is 14.9 Å². The number of thiophene rings is 1. The van der Waals surface area contributed by atoms with Crippen LogP contribution in [-0.2, 0) is 25.8 Å². The highest BCUT2D eigenvalue weighted by Gasteiger charge is 2.21. The minimum atomic E-state index is -0.455. The second-order valence-corrected chi connectivity index (χ2v) is 8.17. The third-order valence-corrected chi connectivity index (χ3v) is 6.07. The van der Waals surface area contributed by atoms with Gasteiger partial charge in [0.25, 0.3) is 5.56 Å². The van der Waals surface area contributed by atoms with E-state index >= 15 is 0 Å². The summed E-state index contributed by atoms with van der Waals surface area (Å²) >= 11 is 1.66. The van der Waals surface area contributed by atoms with E-state index in [4.69, 9.17) is 0 Å². The molecule has 3 aromatic rings. The highest BCUT2D eigenvalue weighted by molar-refractivity contribution is 7.18. The number of aliphatic hydroxyl groups is 1. The van der Waals surface area contributed by atoms with Gasteiger partial charge >= 0.3 is 0 Å². The summed E-state index contributed by atoms with van der Waals surface area (Å²) in [5.41, 5.74) is 2.30. The first-order chi connectivity index (χ1) is 12.6. The summed E-state index contributed by atoms with van der Waals surface area (Å²) in [5.74, 6) is 0.664. The molecule has 0 spiro atoms. The fourth-order valence-corrected chi connectivity index (χ4v) is 5.03. The highest BCUT2D eigenvalue weighted by Crippen LogP contribution is 2.34. The molecule has 1 aliphatic rings. The number of nitrogens with one attached hydrogen (secondary N) is 1. The van der Waals surface area contributed by atoms with Crippen LogP contribution in [0, 0.1) is 0 Å². The van der Waals surface area contributed by atoms with Crippen molar-refractivity contribution in [1.29, 1.82) is 0 Å². The molecule has 0 saturated heterocycles. The molecular weight excluding hydrogens is 346 g/mol. The molecule has 0 bridgehead atoms. The van der Waals surface area contributed by atoms with Crippen molar-refractivity contribution in [3.8, 4) is 0 Å². The zero-order chi connectivity index (χ0) is 18.1. The minimum absolute atomic E-state index is 0.0253. The van der Waals surface area contributed by atoms with Crippen LogP contribution < -0.4 is 5.56 Å². The van der Waals surface area contributed by atoms with Crippen molar-refractivity contribution in [2.75, 3.05) is 13.6 Å². The van der Waals surface area contributed by atoms with Crippen molar-refractivity contribution < 1.29 is 5.11 Å². The Labute approximate surface area is 156 Å². The molecule has 6 heteroatoms. The van der Waals surface area contributed by atoms with Crippen molar-refractivity contribution >= 4 is 21.6 Å². The van der Waals surface area contributed by atoms with Gasteiger partial charge in [0, 0.05) is 11.4 Å². The molecule has 26 heavy (non-hydrogen) atoms. The summed E-state index contributed by atoms with van der Waals surface area (Å²) in [4.78, 5) is 24.3. The van der Waals surface area contributed by atoms with Gasteiger partial charge in [-0.2, -0.15) is 0 Å². The maximum Gasteiger partial charge on any atom is 0.259 e. The van der Waals surface area contributed by atoms with Gasteiger partial charge in [-0.15, -0.1) is 11.3 Å². The number of aromatic amines is 1. The van der Waals surface area contributed by atoms with E-state index < -0.39 is 6.10 Å². The monoisotopic (exact) mass is 369 g/mol. The third kappa shape index (κ3) is 3.58. The molecule has 2 aromatic heterocycles. The standard InChI is InChI=1S/C20H23N3O2S/c1-23(11-14(24)10-13-6-3-2-4-7-13)12-17-21-19(25)18-15-8-5-9-16(15)26-20(18)22-17/h2-4,6-7,14,24H,5,8-12H2,1H3,(H,21,22,25). The van der Waals surface area contributed by atoms with Crippen LogP contribution in [-0.4, -0.2) is 39.7 Å². The number of benzene rings is 1. The molecule has 0 fully saturated rings. The van der Waals surface area contributed by atoms with Gasteiger partial charge in [-0.3, -0.25) is 9.69 Å². The van der Waals surface area contributed by atoms with Gasteiger partial charge in [-0.1, -0.05) is 30.3 Å². The topological polar surface area (TPSA) is 69.2 Å². The number of hydrogen-bond acceptors (Lipinski definition) is 5. The first-order valence-corrected chi connectivity index (χ1v) is 9.86. The van der Waals surface area contributed by atoms with E-state index in [0.29, 0.717) is 25.3 Å². The Morgan fingerprint density at radius 1 is 1.31 bits per heavy atom. The Hall–Kier alpha value is -2.02. The van der Waals surface area contributed by atoms with E-state index in [9.17, 15) is 9.90 Å². The molecule has 0 amide bonds. The Kier molecular flexibility index (Phi) is 4.89. The van der Waals surface area contributed by atoms with Crippen LogP contribution in [0.2, 0.25) is 0 Å². The zero-order valence-electron chi connectivity index (χ0n) is 14.9. The number of aromatic nitrogens is 2. The molecule has 0 aliphatic heterocycles. The number of rotatable bonds is 6. The van der Waals surface area contributed by atoms with Gasteiger partial charge in [-0.25, -0.2) is 4.98 Å². The van der Waals surface area contributed by atoms with Crippen LogP contribution in [0.3, 0.4) is 0 Å². The molecule has 0 saturated carbocycles. The smallest absolute Gasteiger partial charge is 0.259 e. The number of aryl methyl sites for hydroxylation is 2. The molecule has 2 N–H and O–H groups in total. The molecule has 1 atom stereocenters. The SMILES string of the molecule is CN(Cc1nc2sc3c(c2c(=O)[nH]1)CCC3)CC(O)Cc1ccccc1. The lowest BCUT2D eigenvalue weighted by atomic mass is 10.1. The van der Waals surface area contributed by atoms with Crippen LogP contribution >= 0.6 is 11.3 Å². The van der Waals surface area contributed by atoms with Gasteiger partial charge in [-0.05, 0) is 43.9 Å². The summed E-state index contributed by atoms with van der Waals surface area (Å²) in [6.07, 6.45) is 3.36. The van der Waals surface area contributed by atoms with Crippen LogP contribution in [0.25, 0.3) is 10.2 Å². The average Bonchev–Trinajstić information content (AvgIpc) is 3.15. The lowest BCUT2D eigenvalue weighted by molar-refractivity contribution is 0.122. The molecule has 2 heterocycles. The molecule has 4 rings (SSSR count). The van der Waals surface area contributed by atoms with E-state index in [1.54, 1.807) is 11.3 Å². The number of aliphatic hydroxyl groups excluding tert-OH is 1. The minimum Gasteiger partial charge on any atom is -0.391 e. The number of fused-ring (bicyclic) bond motifs is 3. The second-order valence-electron chi connectivity index (χ2n) is 7.09. The maximum absolute atomic E-state index is 12.5. The number of hydrogen-bond donors (Lipinski definition) is 2. The van der Waals surface area contributed by atoms with Crippen LogP contribution in [0.15, 0.2) is 35.1 Å². The van der Waals surface area contributed by atoms with Gasteiger partial charge in [0.2, 0.25) is 0 Å². The largest absolute Gasteiger partial charge is 0.391 e. The fourth-order valence-electron chi connectivity index (χ4n) is 3.75. The molecule has 5 nitrogen and oxygen atoms in total. The third-order valence-electron chi connectivity index (χ3n) is 4.88. The van der Waals surface area contributed by atoms with Crippen molar-refractivity contribution in [2.45, 2.75) is 38.3 Å². The van der Waals surface area contributed by atoms with Crippen LogP contribution in [0.1, 0.15) is 28.2 Å². The van der Waals surface area contributed by atoms with E-state index in [0.717, 1.165) is 35.0 Å². The van der Waals surface area contributed by atoms with Gasteiger partial charge < -0.3 is 10.1 Å². The van der Waals surface area contributed by atoms with Crippen molar-refractivity contribution in [2.24, 2.45) is 0 Å². The normalized spacial score (nSPS) is 14.9. The predicted octanol–water partition coefficient (Wildman–Crippen LogP) is 2.51. The summed E-state index contributed by atoms with van der Waals surface area (Å²) in [7, 11) is 1.94. The first-order valence-electron chi connectivity index (χ1n) is 9.04. The Morgan fingerprint density at radius 2 is 2.12 bits per heavy atom. The van der Waals surface area contributed by atoms with Crippen LogP contribution in [0.5, 0.6) is 0 Å². The quantitative estimate of drug-likeness (QED) is 0.700. The van der Waals surface area contributed by atoms with E-state index in [1.165, 1.54) is 10.4 Å². The molecule has 1 unspecified atom stereocenters. The highest BCUT2D eigenvalue weighted by atomic mass is 32.1. The van der Waals surface area contributed by atoms with Crippen molar-refractivity contribution in [3.63, 3.8) is 0 Å². The van der Waals surface area contributed by atoms with Gasteiger partial charge in [0.1, 0.15) is 10.7 Å². The maximum atomic E-state index is 12.5. The van der Waals surface area contributed by atoms with Crippen LogP contribution in [0.4, 0.5) is 0 Å². The Balaban J connectivity index is 1.44. The lowest BCUT2D eigenvalue weighted by Gasteiger charge is -2.20. The number of nitrogens with zero attached hydrogens (tertiary/aromatic N) is 2. The van der Waals surface area contributed by atoms with E-state index in [2.05, 4.69) is 9.97 Å². The second kappa shape index (κ2) is 7.31. The molecule has 1 aromatic carbocycles. The molecule has 0 radical (unpaired) electrons. The Bertz CT molecular complexity index is 964. The summed E-state index contributed by atoms with van der Waals surface area (Å²) in [6.45, 7) is 1.04. The summed E-state index contributed by atoms with van der Waals surface area (Å²) in [5, 5.41) is 11.1. The molecular formula is C20H23N3O2S. The van der Waals surface area contributed by atoms with E-state index in [-0.39, 0.29) is 5.56 Å². The number of likely N-dealkylation sites (N-methyl/N-ethyl adjacent to an activating group) is 1. The Morgan fingerprint density at radius 3 is 2.92 bits per heavy atom. The fraction of sp³-hybridized carbons (Fsp3) is 0.400. The first kappa shape index (κ1) is 17.4. The summed E-state index contributed by atoms with van der Waals surface area (Å²) in [6, 6.07) is 9.97. The molecule has 136 valence electrons. The van der Waals surface area contributed by atoms with Gasteiger partial charge in [0.15, 0.2) is 0 Å².